The molecule has 0 radical (unpaired) electrons. The fourth-order valence-electron chi connectivity index (χ4n) is 0.945. The number of hydrogen-bond donors (Lipinski definition) is 1. The third-order valence-corrected chi connectivity index (χ3v) is 2.94. The highest BCUT2D eigenvalue weighted by Gasteiger charge is 2.06. The quantitative estimate of drug-likeness (QED) is 0.748. The van der Waals surface area contributed by atoms with Gasteiger partial charge in [0.1, 0.15) is 0 Å². The zero-order valence-corrected chi connectivity index (χ0v) is 9.03. The van der Waals surface area contributed by atoms with E-state index in [1.165, 1.54) is 4.88 Å². The van der Waals surface area contributed by atoms with Gasteiger partial charge in [0.25, 0.3) is 0 Å². The lowest BCUT2D eigenvalue weighted by Crippen LogP contribution is -2.15. The third-order valence-electron chi connectivity index (χ3n) is 1.94. The summed E-state index contributed by atoms with van der Waals surface area (Å²) in [6, 6.07) is 0.102. The summed E-state index contributed by atoms with van der Waals surface area (Å²) in [4.78, 5) is 5.60. The monoisotopic (exact) mass is 194 g/mol. The van der Waals surface area contributed by atoms with Gasteiger partial charge in [0.2, 0.25) is 0 Å². The molecule has 0 amide bonds. The molecule has 1 aromatic heterocycles. The Labute approximate surface area is 83.4 Å². The molecule has 0 saturated carbocycles. The van der Waals surface area contributed by atoms with Crippen LogP contribution in [0.25, 0.3) is 0 Å². The molecule has 1 atom stereocenters. The summed E-state index contributed by atoms with van der Waals surface area (Å²) < 4.78 is 0. The van der Waals surface area contributed by atoms with E-state index in [0.717, 1.165) is 17.2 Å². The van der Waals surface area contributed by atoms with Gasteiger partial charge in [-0.1, -0.05) is 12.8 Å². The molecule has 0 aliphatic rings. The van der Waals surface area contributed by atoms with E-state index in [-0.39, 0.29) is 6.04 Å². The minimum atomic E-state index is 0.102. The first kappa shape index (κ1) is 10.1. The van der Waals surface area contributed by atoms with E-state index < -0.39 is 0 Å². The van der Waals surface area contributed by atoms with Gasteiger partial charge in [0, 0.05) is 4.88 Å². The van der Waals surface area contributed by atoms with Crippen molar-refractivity contribution in [2.75, 3.05) is 5.32 Å². The lowest BCUT2D eigenvalue weighted by molar-refractivity contribution is 0.855. The SMILES string of the molecule is C#CC(CC)Nc1nc(C)c(C)s1. The number of nitrogens with zero attached hydrogens (tertiary/aromatic N) is 1. The number of terminal acetylenes is 1. The van der Waals surface area contributed by atoms with Crippen molar-refractivity contribution in [3.8, 4) is 12.3 Å². The van der Waals surface area contributed by atoms with Crippen molar-refractivity contribution in [2.45, 2.75) is 33.2 Å². The van der Waals surface area contributed by atoms with E-state index >= 15 is 0 Å². The molecule has 1 rings (SSSR count). The average Bonchev–Trinajstić information content (AvgIpc) is 2.42. The summed E-state index contributed by atoms with van der Waals surface area (Å²) in [5, 5.41) is 4.14. The normalized spacial score (nSPS) is 12.2. The number of nitrogens with one attached hydrogen (secondary N) is 1. The molecule has 2 nitrogen and oxygen atoms in total. The molecule has 1 aromatic rings. The molecule has 0 aliphatic carbocycles. The first-order chi connectivity index (χ1) is 6.17. The van der Waals surface area contributed by atoms with Gasteiger partial charge in [-0.2, -0.15) is 0 Å². The van der Waals surface area contributed by atoms with Crippen LogP contribution >= 0.6 is 11.3 Å². The predicted molar refractivity (Wildman–Crippen MR) is 58.1 cm³/mol. The molecule has 1 N–H and O–H groups in total. The maximum absolute atomic E-state index is 5.34. The first-order valence-corrected chi connectivity index (χ1v) is 5.15. The molecular weight excluding hydrogens is 180 g/mol. The molecule has 0 bridgehead atoms. The van der Waals surface area contributed by atoms with Crippen molar-refractivity contribution >= 4 is 16.5 Å². The zero-order chi connectivity index (χ0) is 9.84. The van der Waals surface area contributed by atoms with Crippen molar-refractivity contribution in [1.82, 2.24) is 4.98 Å². The molecule has 0 saturated heterocycles. The number of anilines is 1. The van der Waals surface area contributed by atoms with Gasteiger partial charge in [-0.25, -0.2) is 4.98 Å². The predicted octanol–water partition coefficient (Wildman–Crippen LogP) is 2.58. The molecule has 1 unspecified atom stereocenters. The van der Waals surface area contributed by atoms with Crippen LogP contribution in [0, 0.1) is 26.2 Å². The van der Waals surface area contributed by atoms with Crippen LogP contribution in [0.2, 0.25) is 0 Å². The van der Waals surface area contributed by atoms with Crippen molar-refractivity contribution < 1.29 is 0 Å². The van der Waals surface area contributed by atoms with Gasteiger partial charge in [0.15, 0.2) is 5.13 Å². The van der Waals surface area contributed by atoms with E-state index in [2.05, 4.69) is 30.1 Å². The van der Waals surface area contributed by atoms with E-state index in [1.54, 1.807) is 11.3 Å². The number of rotatable bonds is 3. The number of hydrogen-bond acceptors (Lipinski definition) is 3. The standard InChI is InChI=1S/C10H14N2S/c1-5-9(6-2)12-10-11-7(3)8(4)13-10/h1,9H,6H2,2-4H3,(H,11,12). The summed E-state index contributed by atoms with van der Waals surface area (Å²) in [6.07, 6.45) is 6.27. The Hall–Kier alpha value is -1.01. The van der Waals surface area contributed by atoms with Gasteiger partial charge in [-0.3, -0.25) is 0 Å². The van der Waals surface area contributed by atoms with Crippen LogP contribution in [-0.2, 0) is 0 Å². The summed E-state index contributed by atoms with van der Waals surface area (Å²) in [5.41, 5.74) is 1.08. The Kier molecular flexibility index (Phi) is 3.32. The fourth-order valence-corrected chi connectivity index (χ4v) is 1.81. The van der Waals surface area contributed by atoms with Crippen LogP contribution < -0.4 is 5.32 Å². The van der Waals surface area contributed by atoms with Crippen LogP contribution in [0.4, 0.5) is 5.13 Å². The largest absolute Gasteiger partial charge is 0.348 e. The molecule has 0 spiro atoms. The van der Waals surface area contributed by atoms with Crippen LogP contribution in [0.15, 0.2) is 0 Å². The lowest BCUT2D eigenvalue weighted by Gasteiger charge is -2.07. The van der Waals surface area contributed by atoms with Gasteiger partial charge in [-0.05, 0) is 20.3 Å². The molecular formula is C10H14N2S. The second kappa shape index (κ2) is 4.29. The van der Waals surface area contributed by atoms with Crippen molar-refractivity contribution in [2.24, 2.45) is 0 Å². The highest BCUT2D eigenvalue weighted by molar-refractivity contribution is 7.15. The van der Waals surface area contributed by atoms with Crippen LogP contribution in [0.3, 0.4) is 0 Å². The van der Waals surface area contributed by atoms with Crippen molar-refractivity contribution in [3.05, 3.63) is 10.6 Å². The van der Waals surface area contributed by atoms with Gasteiger partial charge < -0.3 is 5.32 Å². The molecule has 1 heterocycles. The number of aromatic nitrogens is 1. The van der Waals surface area contributed by atoms with Crippen LogP contribution in [0.5, 0.6) is 0 Å². The second-order valence-corrected chi connectivity index (χ2v) is 4.14. The number of thiazole rings is 1. The van der Waals surface area contributed by atoms with Crippen molar-refractivity contribution in [3.63, 3.8) is 0 Å². The van der Waals surface area contributed by atoms with Crippen LogP contribution in [0.1, 0.15) is 23.9 Å². The Bertz CT molecular complexity index is 303. The Balaban J connectivity index is 2.69. The first-order valence-electron chi connectivity index (χ1n) is 4.34. The smallest absolute Gasteiger partial charge is 0.184 e. The molecule has 0 aliphatic heterocycles. The minimum absolute atomic E-state index is 0.102. The molecule has 3 heteroatoms. The molecule has 70 valence electrons. The topological polar surface area (TPSA) is 24.9 Å². The Morgan fingerprint density at radius 2 is 2.31 bits per heavy atom. The van der Waals surface area contributed by atoms with E-state index in [1.807, 2.05) is 6.92 Å². The second-order valence-electron chi connectivity index (χ2n) is 2.93. The summed E-state index contributed by atoms with van der Waals surface area (Å²) in [5.74, 6) is 2.68. The van der Waals surface area contributed by atoms with Crippen molar-refractivity contribution in [1.29, 1.82) is 0 Å². The fraction of sp³-hybridized carbons (Fsp3) is 0.500. The maximum Gasteiger partial charge on any atom is 0.184 e. The van der Waals surface area contributed by atoms with Gasteiger partial charge >= 0.3 is 0 Å². The minimum Gasteiger partial charge on any atom is -0.348 e. The van der Waals surface area contributed by atoms with E-state index in [0.29, 0.717) is 0 Å². The summed E-state index contributed by atoms with van der Waals surface area (Å²) >= 11 is 1.66. The average molecular weight is 194 g/mol. The molecule has 13 heavy (non-hydrogen) atoms. The summed E-state index contributed by atoms with van der Waals surface area (Å²) in [6.45, 7) is 6.13. The van der Waals surface area contributed by atoms with Crippen LogP contribution in [-0.4, -0.2) is 11.0 Å². The lowest BCUT2D eigenvalue weighted by atomic mass is 10.2. The zero-order valence-electron chi connectivity index (χ0n) is 8.22. The van der Waals surface area contributed by atoms with E-state index in [4.69, 9.17) is 6.42 Å². The maximum atomic E-state index is 5.34. The van der Waals surface area contributed by atoms with Gasteiger partial charge in [-0.15, -0.1) is 17.8 Å². The molecule has 0 fully saturated rings. The number of aryl methyl sites for hydroxylation is 2. The van der Waals surface area contributed by atoms with Gasteiger partial charge in [0.05, 0.1) is 11.7 Å². The summed E-state index contributed by atoms with van der Waals surface area (Å²) in [7, 11) is 0. The Morgan fingerprint density at radius 1 is 1.62 bits per heavy atom. The highest BCUT2D eigenvalue weighted by Crippen LogP contribution is 2.21. The van der Waals surface area contributed by atoms with E-state index in [9.17, 15) is 0 Å². The third kappa shape index (κ3) is 2.46. The highest BCUT2D eigenvalue weighted by atomic mass is 32.1. The Morgan fingerprint density at radius 3 is 2.69 bits per heavy atom. The molecule has 0 aromatic carbocycles.